The maximum absolute atomic E-state index is 14.0. The van der Waals surface area contributed by atoms with Crippen LogP contribution >= 0.6 is 0 Å². The normalized spacial score (nSPS) is 47.1. The van der Waals surface area contributed by atoms with Gasteiger partial charge in [-0.1, -0.05) is 19.1 Å². The van der Waals surface area contributed by atoms with Crippen LogP contribution in [0.2, 0.25) is 0 Å². The highest BCUT2D eigenvalue weighted by atomic mass is 16.5. The highest BCUT2D eigenvalue weighted by Gasteiger charge is 2.91. The SMILES string of the molecule is CCN1C[C@@]2(COC(=O)c3ccccc3N3C(=O)CCC3=O)CC[C@@H](OC)[C@@]34C1[C@@](O)([C@@H](OC)[C@@H]23)[C@]1(O)C[C@@H](OC)[C@@H]2C[C@H]4[C@H]1[C@@H]2OC. The number of hydrogen-bond acceptors (Lipinski definition) is 11. The van der Waals surface area contributed by atoms with Crippen molar-refractivity contribution < 1.29 is 48.3 Å². The second-order valence-corrected chi connectivity index (χ2v) is 15.4. The van der Waals surface area contributed by atoms with Gasteiger partial charge < -0.3 is 33.9 Å². The van der Waals surface area contributed by atoms with Crippen molar-refractivity contribution in [1.82, 2.24) is 4.90 Å². The van der Waals surface area contributed by atoms with Crippen LogP contribution in [0.25, 0.3) is 0 Å². The van der Waals surface area contributed by atoms with Crippen molar-refractivity contribution in [2.45, 2.75) is 87.1 Å². The van der Waals surface area contributed by atoms with E-state index >= 15 is 0 Å². The third-order valence-corrected chi connectivity index (χ3v) is 14.2. The summed E-state index contributed by atoms with van der Waals surface area (Å²) in [4.78, 5) is 42.6. The summed E-state index contributed by atoms with van der Waals surface area (Å²) >= 11 is 0. The molecule has 2 heterocycles. The number of nitrogens with zero attached hydrogens (tertiary/aromatic N) is 2. The molecule has 0 aromatic heterocycles. The van der Waals surface area contributed by atoms with Crippen molar-refractivity contribution in [2.24, 2.45) is 34.5 Å². The quantitative estimate of drug-likeness (QED) is 0.294. The fourth-order valence-electron chi connectivity index (χ4n) is 13.0. The van der Waals surface area contributed by atoms with Gasteiger partial charge in [-0.15, -0.1) is 0 Å². The van der Waals surface area contributed by atoms with Crippen LogP contribution in [-0.2, 0) is 33.3 Å². The van der Waals surface area contributed by atoms with Crippen molar-refractivity contribution in [2.75, 3.05) is 53.0 Å². The second-order valence-electron chi connectivity index (χ2n) is 15.4. The Balaban J connectivity index is 1.24. The lowest BCUT2D eigenvalue weighted by Crippen LogP contribution is -2.82. The van der Waals surface area contributed by atoms with E-state index in [2.05, 4.69) is 11.8 Å². The lowest BCUT2D eigenvalue weighted by Gasteiger charge is -2.70. The molecular weight excluding hydrogens is 620 g/mol. The van der Waals surface area contributed by atoms with E-state index in [1.54, 1.807) is 52.7 Å². The van der Waals surface area contributed by atoms with Crippen LogP contribution in [0.1, 0.15) is 55.8 Å². The zero-order valence-corrected chi connectivity index (χ0v) is 28.4. The number of imide groups is 1. The topological polar surface area (TPSA) is 144 Å². The summed E-state index contributed by atoms with van der Waals surface area (Å²) in [6.07, 6.45) is 0.951. The average Bonchev–Trinajstić information content (AvgIpc) is 3.66. The van der Waals surface area contributed by atoms with Crippen LogP contribution in [-0.4, -0.2) is 123 Å². The van der Waals surface area contributed by atoms with Crippen LogP contribution in [0, 0.1) is 34.5 Å². The predicted molar refractivity (Wildman–Crippen MR) is 170 cm³/mol. The Kier molecular flexibility index (Phi) is 7.52. The summed E-state index contributed by atoms with van der Waals surface area (Å²) in [5.74, 6) is -2.00. The number of amides is 2. The van der Waals surface area contributed by atoms with Crippen molar-refractivity contribution in [3.8, 4) is 0 Å². The van der Waals surface area contributed by atoms with E-state index in [0.29, 0.717) is 25.9 Å². The molecule has 5 saturated carbocycles. The third-order valence-electron chi connectivity index (χ3n) is 14.2. The molecule has 262 valence electrons. The van der Waals surface area contributed by atoms with E-state index in [9.17, 15) is 24.6 Å². The Labute approximate surface area is 280 Å². The van der Waals surface area contributed by atoms with Gasteiger partial charge in [-0.25, -0.2) is 9.69 Å². The van der Waals surface area contributed by atoms with E-state index < -0.39 is 40.1 Å². The average molecular weight is 669 g/mol. The number of carbonyl (C=O) groups excluding carboxylic acids is 3. The lowest BCUT2D eigenvalue weighted by atomic mass is 9.42. The summed E-state index contributed by atoms with van der Waals surface area (Å²) in [5, 5.41) is 26.5. The Morgan fingerprint density at radius 2 is 1.73 bits per heavy atom. The first kappa shape index (κ1) is 32.7. The summed E-state index contributed by atoms with van der Waals surface area (Å²) in [7, 11) is 6.70. The Morgan fingerprint density at radius 3 is 2.38 bits per heavy atom. The summed E-state index contributed by atoms with van der Waals surface area (Å²) in [5.41, 5.74) is -4.15. The molecule has 1 spiro atoms. The number of aliphatic hydroxyl groups is 2. The first-order valence-corrected chi connectivity index (χ1v) is 17.5. The molecule has 5 aliphatic carbocycles. The molecule has 12 heteroatoms. The standard InChI is InChI=1S/C36H48N2O10/c1-6-37-17-33(18-48-31(41)19-9-7-8-10-22(19)38-25(39)11-12-26(38)40)14-13-24(45-3)35-21-15-20-23(44-2)16-34(42,27(21)28(20)46-4)36(43,32(35)37)30(47-5)29(33)35/h7-10,20-21,23-24,27-30,32,42-43H,6,11-18H2,1-5H3/t20-,21-,23+,24+,27-,28+,29-,30-,32?,33+,34-,35+,36-/m0/s1. The van der Waals surface area contributed by atoms with Crippen LogP contribution in [0.5, 0.6) is 0 Å². The minimum Gasteiger partial charge on any atom is -0.461 e. The number of anilines is 1. The number of benzene rings is 1. The largest absolute Gasteiger partial charge is 0.461 e. The van der Waals surface area contributed by atoms with E-state index in [1.165, 1.54) is 0 Å². The van der Waals surface area contributed by atoms with Gasteiger partial charge in [0.2, 0.25) is 11.8 Å². The number of piperidine rings is 1. The van der Waals surface area contributed by atoms with Crippen LogP contribution in [0.15, 0.2) is 24.3 Å². The van der Waals surface area contributed by atoms with Gasteiger partial charge in [0.1, 0.15) is 11.2 Å². The van der Waals surface area contributed by atoms with Gasteiger partial charge in [0, 0.05) is 82.8 Å². The van der Waals surface area contributed by atoms with Crippen molar-refractivity contribution in [3.63, 3.8) is 0 Å². The zero-order valence-electron chi connectivity index (χ0n) is 28.4. The fourth-order valence-corrected chi connectivity index (χ4v) is 13.0. The van der Waals surface area contributed by atoms with Gasteiger partial charge in [0.05, 0.1) is 48.3 Å². The molecule has 0 radical (unpaired) electrons. The number of likely N-dealkylation sites (N-methyl/N-ethyl adjacent to an activating group) is 1. The van der Waals surface area contributed by atoms with E-state index in [1.807, 2.05) is 0 Å². The maximum Gasteiger partial charge on any atom is 0.340 e. The smallest absolute Gasteiger partial charge is 0.340 e. The number of para-hydroxylation sites is 1. The van der Waals surface area contributed by atoms with Gasteiger partial charge in [-0.2, -0.15) is 0 Å². The van der Waals surface area contributed by atoms with Gasteiger partial charge >= 0.3 is 5.97 Å². The fraction of sp³-hybridized carbons (Fsp3) is 0.750. The molecule has 48 heavy (non-hydrogen) atoms. The number of methoxy groups -OCH3 is 4. The first-order chi connectivity index (χ1) is 23.0. The van der Waals surface area contributed by atoms with E-state index in [0.717, 1.165) is 11.3 Å². The van der Waals surface area contributed by atoms with Crippen molar-refractivity contribution in [3.05, 3.63) is 29.8 Å². The van der Waals surface area contributed by atoms with E-state index in [4.69, 9.17) is 23.7 Å². The number of fused-ring (bicyclic) bond motifs is 2. The monoisotopic (exact) mass is 668 g/mol. The second kappa shape index (κ2) is 11.0. The van der Waals surface area contributed by atoms with Crippen LogP contribution in [0.4, 0.5) is 5.69 Å². The first-order valence-electron chi connectivity index (χ1n) is 17.5. The molecule has 7 bridgehead atoms. The predicted octanol–water partition coefficient (Wildman–Crippen LogP) is 1.79. The summed E-state index contributed by atoms with van der Waals surface area (Å²) < 4.78 is 31.3. The van der Waals surface area contributed by atoms with Gasteiger partial charge in [-0.3, -0.25) is 14.5 Å². The molecular formula is C36H48N2O10. The highest BCUT2D eigenvalue weighted by molar-refractivity contribution is 6.21. The third kappa shape index (κ3) is 3.67. The molecule has 1 aromatic rings. The molecule has 2 N–H and O–H groups in total. The van der Waals surface area contributed by atoms with Crippen molar-refractivity contribution in [1.29, 1.82) is 0 Å². The Hall–Kier alpha value is -2.45. The molecule has 2 amide bonds. The Morgan fingerprint density at radius 1 is 1.00 bits per heavy atom. The zero-order chi connectivity index (χ0) is 34.0. The molecule has 8 rings (SSSR count). The number of rotatable bonds is 9. The molecule has 1 aromatic carbocycles. The summed E-state index contributed by atoms with van der Waals surface area (Å²) in [6, 6.07) is 6.11. The van der Waals surface area contributed by atoms with Gasteiger partial charge in [0.25, 0.3) is 0 Å². The number of esters is 1. The molecule has 7 aliphatic rings. The number of carbonyl (C=O) groups is 3. The number of hydrogen-bond donors (Lipinski definition) is 2. The molecule has 2 aliphatic heterocycles. The molecule has 7 fully saturated rings. The lowest BCUT2D eigenvalue weighted by molar-refractivity contribution is -0.320. The summed E-state index contributed by atoms with van der Waals surface area (Å²) in [6.45, 7) is 3.24. The molecule has 13 atom stereocenters. The van der Waals surface area contributed by atoms with Crippen LogP contribution in [0.3, 0.4) is 0 Å². The maximum atomic E-state index is 14.0. The van der Waals surface area contributed by atoms with Gasteiger partial charge in [-0.05, 0) is 43.9 Å². The number of ether oxygens (including phenoxy) is 5. The molecule has 12 nitrogen and oxygen atoms in total. The molecule has 2 saturated heterocycles. The van der Waals surface area contributed by atoms with Crippen LogP contribution < -0.4 is 4.90 Å². The number of likely N-dealkylation sites (tertiary alicyclic amines) is 1. The Bertz CT molecular complexity index is 1510. The van der Waals surface area contributed by atoms with Gasteiger partial charge in [0.15, 0.2) is 0 Å². The van der Waals surface area contributed by atoms with E-state index in [-0.39, 0.29) is 90.9 Å². The minimum atomic E-state index is -1.69. The molecule has 1 unspecified atom stereocenters. The minimum absolute atomic E-state index is 0.0394. The highest BCUT2D eigenvalue weighted by Crippen LogP contribution is 2.80. The van der Waals surface area contributed by atoms with Crippen molar-refractivity contribution >= 4 is 23.5 Å².